The Labute approximate surface area is 84.5 Å². The van der Waals surface area contributed by atoms with Crippen molar-refractivity contribution in [3.63, 3.8) is 0 Å². The minimum Gasteiger partial charge on any atom is -0.378 e. The van der Waals surface area contributed by atoms with Gasteiger partial charge in [0.1, 0.15) is 0 Å². The summed E-state index contributed by atoms with van der Waals surface area (Å²) in [7, 11) is 0. The van der Waals surface area contributed by atoms with Crippen LogP contribution in [0.1, 0.15) is 19.0 Å². The highest BCUT2D eigenvalue weighted by Gasteiger charge is 2.23. The maximum absolute atomic E-state index is 5.48. The van der Waals surface area contributed by atoms with E-state index in [0.29, 0.717) is 12.1 Å². The molecule has 1 aliphatic heterocycles. The van der Waals surface area contributed by atoms with Crippen LogP contribution in [-0.2, 0) is 4.74 Å². The zero-order valence-corrected chi connectivity index (χ0v) is 8.66. The van der Waals surface area contributed by atoms with Crippen LogP contribution in [0.3, 0.4) is 0 Å². The number of rotatable bonds is 2. The van der Waals surface area contributed by atoms with Crippen LogP contribution in [0.4, 0.5) is 5.69 Å². The van der Waals surface area contributed by atoms with Crippen LogP contribution < -0.4 is 5.32 Å². The number of hydrogen-bond acceptors (Lipinski definition) is 3. The van der Waals surface area contributed by atoms with Gasteiger partial charge in [-0.3, -0.25) is 4.98 Å². The van der Waals surface area contributed by atoms with Gasteiger partial charge in [0, 0.05) is 12.3 Å². The second-order valence-electron chi connectivity index (χ2n) is 3.80. The van der Waals surface area contributed by atoms with Crippen LogP contribution in [0, 0.1) is 6.92 Å². The lowest BCUT2D eigenvalue weighted by Gasteiger charge is -2.16. The maximum Gasteiger partial charge on any atom is 0.0748 e. The number of nitrogens with one attached hydrogen (secondary N) is 1. The summed E-state index contributed by atoms with van der Waals surface area (Å²) in [6.45, 7) is 4.95. The predicted molar refractivity (Wildman–Crippen MR) is 56.4 cm³/mol. The largest absolute Gasteiger partial charge is 0.378 e. The van der Waals surface area contributed by atoms with Gasteiger partial charge in [-0.25, -0.2) is 0 Å². The van der Waals surface area contributed by atoms with E-state index in [2.05, 4.69) is 23.3 Å². The van der Waals surface area contributed by atoms with E-state index < -0.39 is 0 Å². The summed E-state index contributed by atoms with van der Waals surface area (Å²) in [6.07, 6.45) is 3.26. The molecule has 0 bridgehead atoms. The molecule has 0 radical (unpaired) electrons. The first-order valence-electron chi connectivity index (χ1n) is 5.06. The molecule has 0 amide bonds. The van der Waals surface area contributed by atoms with Crippen LogP contribution in [0.2, 0.25) is 0 Å². The molecule has 1 N–H and O–H groups in total. The minimum atomic E-state index is 0.302. The summed E-state index contributed by atoms with van der Waals surface area (Å²) >= 11 is 0. The van der Waals surface area contributed by atoms with Crippen molar-refractivity contribution in [2.75, 3.05) is 11.9 Å². The lowest BCUT2D eigenvalue weighted by atomic mass is 10.1. The summed E-state index contributed by atoms with van der Waals surface area (Å²) in [5.74, 6) is 0. The predicted octanol–water partition coefficient (Wildman–Crippen LogP) is 1.98. The second-order valence-corrected chi connectivity index (χ2v) is 3.80. The molecule has 2 rings (SSSR count). The summed E-state index contributed by atoms with van der Waals surface area (Å²) in [4.78, 5) is 4.24. The van der Waals surface area contributed by atoms with Gasteiger partial charge in [-0.2, -0.15) is 0 Å². The Kier molecular flexibility index (Phi) is 2.68. The minimum absolute atomic E-state index is 0.302. The Morgan fingerprint density at radius 2 is 2.36 bits per heavy atom. The number of pyridine rings is 1. The normalized spacial score (nSPS) is 26.4. The Morgan fingerprint density at radius 3 is 2.93 bits per heavy atom. The molecule has 0 aromatic carbocycles. The summed E-state index contributed by atoms with van der Waals surface area (Å²) in [5, 5.41) is 3.43. The molecule has 0 unspecified atom stereocenters. The third kappa shape index (κ3) is 2.04. The molecule has 3 heteroatoms. The van der Waals surface area contributed by atoms with E-state index in [0.717, 1.165) is 24.4 Å². The van der Waals surface area contributed by atoms with Crippen LogP contribution in [0.25, 0.3) is 0 Å². The van der Waals surface area contributed by atoms with E-state index in [1.165, 1.54) is 0 Å². The van der Waals surface area contributed by atoms with E-state index in [1.807, 2.05) is 19.2 Å². The molecule has 3 nitrogen and oxygen atoms in total. The molecule has 76 valence electrons. The zero-order valence-electron chi connectivity index (χ0n) is 8.66. The third-order valence-electron chi connectivity index (χ3n) is 2.64. The van der Waals surface area contributed by atoms with Gasteiger partial charge in [0.2, 0.25) is 0 Å². The van der Waals surface area contributed by atoms with E-state index in [9.17, 15) is 0 Å². The first-order valence-corrected chi connectivity index (χ1v) is 5.06. The zero-order chi connectivity index (χ0) is 9.97. The van der Waals surface area contributed by atoms with E-state index in [4.69, 9.17) is 4.74 Å². The Balaban J connectivity index is 2.00. The van der Waals surface area contributed by atoms with Gasteiger partial charge in [-0.05, 0) is 32.4 Å². The van der Waals surface area contributed by atoms with Crippen molar-refractivity contribution in [1.29, 1.82) is 0 Å². The van der Waals surface area contributed by atoms with Crippen LogP contribution in [0.15, 0.2) is 18.3 Å². The summed E-state index contributed by atoms with van der Waals surface area (Å²) < 4.78 is 5.48. The molecule has 14 heavy (non-hydrogen) atoms. The first-order chi connectivity index (χ1) is 6.75. The molecule has 1 fully saturated rings. The van der Waals surface area contributed by atoms with Crippen LogP contribution >= 0.6 is 0 Å². The molecule has 2 heterocycles. The van der Waals surface area contributed by atoms with Gasteiger partial charge in [-0.1, -0.05) is 0 Å². The van der Waals surface area contributed by atoms with Crippen LogP contribution in [0.5, 0.6) is 0 Å². The van der Waals surface area contributed by atoms with Gasteiger partial charge in [0.25, 0.3) is 0 Å². The quantitative estimate of drug-likeness (QED) is 0.778. The van der Waals surface area contributed by atoms with Crippen molar-refractivity contribution in [1.82, 2.24) is 4.98 Å². The lowest BCUT2D eigenvalue weighted by molar-refractivity contribution is 0.121. The summed E-state index contributed by atoms with van der Waals surface area (Å²) in [5.41, 5.74) is 2.13. The van der Waals surface area contributed by atoms with Crippen molar-refractivity contribution in [2.24, 2.45) is 0 Å². The third-order valence-corrected chi connectivity index (χ3v) is 2.64. The van der Waals surface area contributed by atoms with Crippen molar-refractivity contribution in [3.8, 4) is 0 Å². The fourth-order valence-electron chi connectivity index (χ4n) is 1.69. The van der Waals surface area contributed by atoms with Gasteiger partial charge in [-0.15, -0.1) is 0 Å². The number of nitrogens with zero attached hydrogens (tertiary/aromatic N) is 1. The molecule has 1 aliphatic rings. The van der Waals surface area contributed by atoms with E-state index in [-0.39, 0.29) is 0 Å². The molecule has 1 aromatic rings. The Bertz CT molecular complexity index is 297. The molecule has 0 spiro atoms. The second kappa shape index (κ2) is 3.96. The van der Waals surface area contributed by atoms with Gasteiger partial charge in [0.05, 0.1) is 24.0 Å². The van der Waals surface area contributed by atoms with Crippen molar-refractivity contribution >= 4 is 5.69 Å². The number of anilines is 1. The average Bonchev–Trinajstić information content (AvgIpc) is 2.56. The van der Waals surface area contributed by atoms with E-state index >= 15 is 0 Å². The monoisotopic (exact) mass is 192 g/mol. The van der Waals surface area contributed by atoms with Gasteiger partial charge in [0.15, 0.2) is 0 Å². The molecular formula is C11H16N2O. The maximum atomic E-state index is 5.48. The number of ether oxygens (including phenoxy) is 1. The average molecular weight is 192 g/mol. The smallest absolute Gasteiger partial charge is 0.0748 e. The number of aromatic nitrogens is 1. The highest BCUT2D eigenvalue weighted by molar-refractivity contribution is 5.42. The summed E-state index contributed by atoms with van der Waals surface area (Å²) in [6, 6.07) is 4.51. The van der Waals surface area contributed by atoms with Crippen LogP contribution in [-0.4, -0.2) is 23.7 Å². The SMILES string of the molecule is Cc1ccc(N[C@@H]2CCO[C@H]2C)cn1. The van der Waals surface area contributed by atoms with Crippen molar-refractivity contribution < 1.29 is 4.74 Å². The number of aryl methyl sites for hydroxylation is 1. The lowest BCUT2D eigenvalue weighted by Crippen LogP contribution is -2.26. The molecular weight excluding hydrogens is 176 g/mol. The fraction of sp³-hybridized carbons (Fsp3) is 0.545. The van der Waals surface area contributed by atoms with Gasteiger partial charge >= 0.3 is 0 Å². The van der Waals surface area contributed by atoms with Crippen molar-refractivity contribution in [3.05, 3.63) is 24.0 Å². The van der Waals surface area contributed by atoms with Crippen molar-refractivity contribution in [2.45, 2.75) is 32.4 Å². The highest BCUT2D eigenvalue weighted by Crippen LogP contribution is 2.18. The Hall–Kier alpha value is -1.09. The standard InChI is InChI=1S/C11H16N2O/c1-8-3-4-10(7-12-8)13-11-5-6-14-9(11)2/h3-4,7,9,11,13H,5-6H2,1-2H3/t9-,11+/m0/s1. The topological polar surface area (TPSA) is 34.1 Å². The molecule has 0 aliphatic carbocycles. The van der Waals surface area contributed by atoms with E-state index in [1.54, 1.807) is 0 Å². The fourth-order valence-corrected chi connectivity index (χ4v) is 1.69. The van der Waals surface area contributed by atoms with Gasteiger partial charge < -0.3 is 10.1 Å². The molecule has 1 aromatic heterocycles. The molecule has 2 atom stereocenters. The number of hydrogen-bond donors (Lipinski definition) is 1. The Morgan fingerprint density at radius 1 is 1.50 bits per heavy atom. The first kappa shape index (κ1) is 9.46. The molecule has 1 saturated heterocycles. The highest BCUT2D eigenvalue weighted by atomic mass is 16.5. The molecule has 0 saturated carbocycles.